The van der Waals surface area contributed by atoms with Gasteiger partial charge in [-0.3, -0.25) is 14.9 Å². The Hall–Kier alpha value is -2.22. The second kappa shape index (κ2) is 7.17. The number of nitrogens with two attached hydrogens (primary N) is 1. The highest BCUT2D eigenvalue weighted by molar-refractivity contribution is 5.80. The Kier molecular flexibility index (Phi) is 5.26. The van der Waals surface area contributed by atoms with Crippen LogP contribution in [-0.2, 0) is 4.79 Å². The quantitative estimate of drug-likeness (QED) is 0.624. The molecule has 1 heterocycles. The van der Waals surface area contributed by atoms with Crippen molar-refractivity contribution in [2.24, 2.45) is 11.7 Å². The molecule has 1 aliphatic heterocycles. The largest absolute Gasteiger partial charge is 0.363 e. The molecule has 0 saturated carbocycles. The summed E-state index contributed by atoms with van der Waals surface area (Å²) < 4.78 is 14.1. The van der Waals surface area contributed by atoms with Gasteiger partial charge in [-0.1, -0.05) is 6.07 Å². The summed E-state index contributed by atoms with van der Waals surface area (Å²) in [7, 11) is 0. The molecular weight excluding hydrogens is 291 g/mol. The Morgan fingerprint density at radius 1 is 1.55 bits per heavy atom. The van der Waals surface area contributed by atoms with Gasteiger partial charge in [0.05, 0.1) is 10.8 Å². The fourth-order valence-corrected chi connectivity index (χ4v) is 2.70. The Morgan fingerprint density at radius 2 is 2.32 bits per heavy atom. The molecule has 1 saturated heterocycles. The molecule has 1 atom stereocenters. The number of piperidine rings is 1. The number of anilines is 1. The van der Waals surface area contributed by atoms with E-state index in [0.29, 0.717) is 32.5 Å². The number of benzene rings is 1. The van der Waals surface area contributed by atoms with Crippen LogP contribution in [0.2, 0.25) is 0 Å². The lowest BCUT2D eigenvalue weighted by molar-refractivity contribution is -0.384. The number of nitrogens with zero attached hydrogens (tertiary/aromatic N) is 2. The normalized spacial score (nSPS) is 18.1. The molecule has 7 nitrogen and oxygen atoms in total. The molecule has 0 aliphatic carbocycles. The van der Waals surface area contributed by atoms with Gasteiger partial charge in [-0.15, -0.1) is 0 Å². The Morgan fingerprint density at radius 3 is 3.00 bits per heavy atom. The van der Waals surface area contributed by atoms with Gasteiger partial charge in [0.15, 0.2) is 11.5 Å². The summed E-state index contributed by atoms with van der Waals surface area (Å²) in [6, 6.07) is 3.78. The first kappa shape index (κ1) is 16.2. The van der Waals surface area contributed by atoms with Crippen LogP contribution in [0.4, 0.5) is 15.8 Å². The second-order valence-corrected chi connectivity index (χ2v) is 5.23. The van der Waals surface area contributed by atoms with Crippen LogP contribution in [0.25, 0.3) is 0 Å². The number of rotatable bonds is 5. The lowest BCUT2D eigenvalue weighted by Crippen LogP contribution is -2.44. The lowest BCUT2D eigenvalue weighted by atomic mass is 9.96. The number of halogens is 1. The van der Waals surface area contributed by atoms with Gasteiger partial charge in [0.2, 0.25) is 5.91 Å². The molecule has 0 spiro atoms. The van der Waals surface area contributed by atoms with E-state index < -0.39 is 10.7 Å². The van der Waals surface area contributed by atoms with Crippen molar-refractivity contribution < 1.29 is 14.1 Å². The predicted molar refractivity (Wildman–Crippen MR) is 80.1 cm³/mol. The number of nitrogens with one attached hydrogen (secondary N) is 1. The summed E-state index contributed by atoms with van der Waals surface area (Å²) in [5.41, 5.74) is 5.03. The summed E-state index contributed by atoms with van der Waals surface area (Å²) >= 11 is 0. The smallest absolute Gasteiger partial charge is 0.295 e. The van der Waals surface area contributed by atoms with E-state index in [-0.39, 0.29) is 29.7 Å². The van der Waals surface area contributed by atoms with Crippen molar-refractivity contribution in [2.45, 2.75) is 12.8 Å². The fourth-order valence-electron chi connectivity index (χ4n) is 2.70. The van der Waals surface area contributed by atoms with Crippen molar-refractivity contribution in [3.05, 3.63) is 34.1 Å². The molecule has 0 radical (unpaired) electrons. The van der Waals surface area contributed by atoms with E-state index in [1.807, 2.05) is 0 Å². The third-order valence-electron chi connectivity index (χ3n) is 3.71. The Bertz CT molecular complexity index is 567. The van der Waals surface area contributed by atoms with Gasteiger partial charge in [-0.05, 0) is 18.9 Å². The molecule has 0 bridgehead atoms. The first-order valence-corrected chi connectivity index (χ1v) is 7.20. The second-order valence-electron chi connectivity index (χ2n) is 5.23. The highest BCUT2D eigenvalue weighted by Crippen LogP contribution is 2.33. The minimum absolute atomic E-state index is 0.0381. The maximum Gasteiger partial charge on any atom is 0.295 e. The van der Waals surface area contributed by atoms with Crippen molar-refractivity contribution in [3.8, 4) is 0 Å². The van der Waals surface area contributed by atoms with Gasteiger partial charge in [0.1, 0.15) is 0 Å². The number of nitro benzene ring substituents is 1. The Labute approximate surface area is 127 Å². The highest BCUT2D eigenvalue weighted by Gasteiger charge is 2.31. The molecule has 0 aromatic heterocycles. The molecule has 1 unspecified atom stereocenters. The molecule has 1 aromatic rings. The van der Waals surface area contributed by atoms with Crippen molar-refractivity contribution in [3.63, 3.8) is 0 Å². The molecule has 22 heavy (non-hydrogen) atoms. The number of amides is 1. The molecule has 3 N–H and O–H groups in total. The third kappa shape index (κ3) is 3.51. The molecule has 1 amide bonds. The van der Waals surface area contributed by atoms with E-state index in [1.165, 1.54) is 18.2 Å². The van der Waals surface area contributed by atoms with E-state index in [9.17, 15) is 19.3 Å². The topological polar surface area (TPSA) is 102 Å². The van der Waals surface area contributed by atoms with E-state index in [4.69, 9.17) is 5.73 Å². The van der Waals surface area contributed by atoms with Gasteiger partial charge in [0.25, 0.3) is 5.69 Å². The highest BCUT2D eigenvalue weighted by atomic mass is 19.1. The SMILES string of the molecule is NCCNC(=O)C1CCCN(c2c(F)cccc2[N+](=O)[O-])C1. The van der Waals surface area contributed by atoms with Crippen LogP contribution in [0.15, 0.2) is 18.2 Å². The predicted octanol–water partition coefficient (Wildman–Crippen LogP) is 1.03. The molecule has 1 fully saturated rings. The summed E-state index contributed by atoms with van der Waals surface area (Å²) in [4.78, 5) is 24.1. The molecule has 1 aliphatic rings. The van der Waals surface area contributed by atoms with E-state index >= 15 is 0 Å². The van der Waals surface area contributed by atoms with Crippen molar-refractivity contribution >= 4 is 17.3 Å². The van der Waals surface area contributed by atoms with Gasteiger partial charge >= 0.3 is 0 Å². The molecule has 8 heteroatoms. The monoisotopic (exact) mass is 310 g/mol. The number of carbonyl (C=O) groups excluding carboxylic acids is 1. The van der Waals surface area contributed by atoms with E-state index in [0.717, 1.165) is 0 Å². The molecule has 120 valence electrons. The maximum absolute atomic E-state index is 14.1. The van der Waals surface area contributed by atoms with Crippen molar-refractivity contribution in [2.75, 3.05) is 31.1 Å². The average molecular weight is 310 g/mol. The minimum Gasteiger partial charge on any atom is -0.363 e. The van der Waals surface area contributed by atoms with Crippen molar-refractivity contribution in [1.82, 2.24) is 5.32 Å². The number of hydrogen-bond acceptors (Lipinski definition) is 5. The number of hydrogen-bond donors (Lipinski definition) is 2. The zero-order valence-corrected chi connectivity index (χ0v) is 12.1. The number of para-hydroxylation sites is 1. The molecule has 1 aromatic carbocycles. The van der Waals surface area contributed by atoms with Crippen LogP contribution in [-0.4, -0.2) is 37.0 Å². The van der Waals surface area contributed by atoms with Crippen LogP contribution >= 0.6 is 0 Å². The van der Waals surface area contributed by atoms with Gasteiger partial charge in [0, 0.05) is 32.2 Å². The third-order valence-corrected chi connectivity index (χ3v) is 3.71. The van der Waals surface area contributed by atoms with Crippen LogP contribution in [0.3, 0.4) is 0 Å². The van der Waals surface area contributed by atoms with Crippen molar-refractivity contribution in [1.29, 1.82) is 0 Å². The summed E-state index contributed by atoms with van der Waals surface area (Å²) in [5.74, 6) is -1.11. The zero-order valence-electron chi connectivity index (χ0n) is 12.1. The van der Waals surface area contributed by atoms with Gasteiger partial charge in [-0.25, -0.2) is 4.39 Å². The van der Waals surface area contributed by atoms with Crippen LogP contribution in [0, 0.1) is 21.8 Å². The first-order chi connectivity index (χ1) is 10.5. The van der Waals surface area contributed by atoms with Crippen LogP contribution < -0.4 is 16.0 Å². The fraction of sp³-hybridized carbons (Fsp3) is 0.500. The summed E-state index contributed by atoms with van der Waals surface area (Å²) in [5, 5.41) is 13.8. The minimum atomic E-state index is -0.641. The van der Waals surface area contributed by atoms with Gasteiger partial charge < -0.3 is 16.0 Å². The van der Waals surface area contributed by atoms with E-state index in [2.05, 4.69) is 5.32 Å². The summed E-state index contributed by atoms with van der Waals surface area (Å²) in [6.07, 6.45) is 1.35. The van der Waals surface area contributed by atoms with Gasteiger partial charge in [-0.2, -0.15) is 0 Å². The zero-order chi connectivity index (χ0) is 16.1. The standard InChI is InChI=1S/C14H19FN4O3/c15-11-4-1-5-12(19(21)22)13(11)18-8-2-3-10(9-18)14(20)17-7-6-16/h1,4-5,10H,2-3,6-9,16H2,(H,17,20). The van der Waals surface area contributed by atoms with Crippen LogP contribution in [0.1, 0.15) is 12.8 Å². The first-order valence-electron chi connectivity index (χ1n) is 7.20. The molecule has 2 rings (SSSR count). The average Bonchev–Trinajstić information content (AvgIpc) is 2.52. The number of nitro groups is 1. The van der Waals surface area contributed by atoms with E-state index in [1.54, 1.807) is 4.90 Å². The number of carbonyl (C=O) groups is 1. The maximum atomic E-state index is 14.1. The Balaban J connectivity index is 2.19. The summed E-state index contributed by atoms with van der Waals surface area (Å²) in [6.45, 7) is 1.48. The van der Waals surface area contributed by atoms with Crippen LogP contribution in [0.5, 0.6) is 0 Å². The lowest BCUT2D eigenvalue weighted by Gasteiger charge is -2.33. The molecular formula is C14H19FN4O3.